The standard InChI is InChI=1S/C13H19ClN4O2/c1-18-7-2-3-9(18)5-8-20-13-11(14)10(4-6-16-13)12(15)17-19/h4,6,9,19H,2-3,5,7-8H2,1H3,(H2,15,17). The van der Waals surface area contributed by atoms with Gasteiger partial charge < -0.3 is 20.6 Å². The lowest BCUT2D eigenvalue weighted by atomic mass is 10.1. The number of nitrogens with two attached hydrogens (primary N) is 1. The van der Waals surface area contributed by atoms with Crippen LogP contribution in [0.4, 0.5) is 0 Å². The Bertz CT molecular complexity index is 495. The predicted molar refractivity (Wildman–Crippen MR) is 77.5 cm³/mol. The second-order valence-corrected chi connectivity index (χ2v) is 5.25. The maximum atomic E-state index is 8.69. The summed E-state index contributed by atoms with van der Waals surface area (Å²) in [5, 5.41) is 11.9. The number of halogens is 1. The van der Waals surface area contributed by atoms with Crippen LogP contribution in [0, 0.1) is 0 Å². The van der Waals surface area contributed by atoms with E-state index in [0.29, 0.717) is 24.1 Å². The molecule has 7 heteroatoms. The van der Waals surface area contributed by atoms with Crippen LogP contribution in [0.5, 0.6) is 5.88 Å². The number of aromatic nitrogens is 1. The lowest BCUT2D eigenvalue weighted by Gasteiger charge is -2.19. The molecule has 1 saturated heterocycles. The van der Waals surface area contributed by atoms with Crippen LogP contribution in [0.25, 0.3) is 0 Å². The summed E-state index contributed by atoms with van der Waals surface area (Å²) >= 11 is 6.14. The quantitative estimate of drug-likeness (QED) is 0.374. The van der Waals surface area contributed by atoms with Crippen molar-refractivity contribution in [3.63, 3.8) is 0 Å². The fourth-order valence-corrected chi connectivity index (χ4v) is 2.68. The molecule has 0 amide bonds. The summed E-state index contributed by atoms with van der Waals surface area (Å²) in [6, 6.07) is 2.13. The summed E-state index contributed by atoms with van der Waals surface area (Å²) in [7, 11) is 2.13. The lowest BCUT2D eigenvalue weighted by Crippen LogP contribution is -2.26. The highest BCUT2D eigenvalue weighted by atomic mass is 35.5. The monoisotopic (exact) mass is 298 g/mol. The van der Waals surface area contributed by atoms with E-state index < -0.39 is 0 Å². The number of oxime groups is 1. The van der Waals surface area contributed by atoms with E-state index >= 15 is 0 Å². The number of amidine groups is 1. The molecule has 1 aromatic rings. The number of hydrogen-bond donors (Lipinski definition) is 2. The molecule has 1 aromatic heterocycles. The summed E-state index contributed by atoms with van der Waals surface area (Å²) in [6.07, 6.45) is 4.89. The van der Waals surface area contributed by atoms with Gasteiger partial charge in [-0.15, -0.1) is 0 Å². The van der Waals surface area contributed by atoms with Crippen molar-refractivity contribution in [2.45, 2.75) is 25.3 Å². The van der Waals surface area contributed by atoms with E-state index in [-0.39, 0.29) is 10.9 Å². The molecule has 3 N–H and O–H groups in total. The minimum Gasteiger partial charge on any atom is -0.477 e. The van der Waals surface area contributed by atoms with Crippen molar-refractivity contribution >= 4 is 17.4 Å². The Morgan fingerprint density at radius 2 is 2.50 bits per heavy atom. The SMILES string of the molecule is CN1CCCC1CCOc1nccc(/C(N)=N/O)c1Cl. The normalized spacial score (nSPS) is 20.3. The van der Waals surface area contributed by atoms with Crippen LogP contribution in [0.15, 0.2) is 17.4 Å². The molecule has 0 spiro atoms. The Hall–Kier alpha value is -1.53. The highest BCUT2D eigenvalue weighted by Gasteiger charge is 2.21. The average molecular weight is 299 g/mol. The largest absolute Gasteiger partial charge is 0.477 e. The van der Waals surface area contributed by atoms with Crippen molar-refractivity contribution in [3.05, 3.63) is 22.8 Å². The molecule has 1 atom stereocenters. The molecular formula is C13H19ClN4O2. The van der Waals surface area contributed by atoms with Crippen LogP contribution in [0.2, 0.25) is 5.02 Å². The van der Waals surface area contributed by atoms with Crippen molar-refractivity contribution in [2.75, 3.05) is 20.2 Å². The minimum atomic E-state index is -0.0576. The van der Waals surface area contributed by atoms with E-state index in [2.05, 4.69) is 22.1 Å². The summed E-state index contributed by atoms with van der Waals surface area (Å²) in [5.74, 6) is 0.259. The van der Waals surface area contributed by atoms with E-state index in [9.17, 15) is 0 Å². The van der Waals surface area contributed by atoms with E-state index in [1.807, 2.05) is 0 Å². The maximum absolute atomic E-state index is 8.69. The van der Waals surface area contributed by atoms with Gasteiger partial charge in [-0.05, 0) is 38.9 Å². The van der Waals surface area contributed by atoms with Crippen molar-refractivity contribution < 1.29 is 9.94 Å². The molecule has 0 aromatic carbocycles. The van der Waals surface area contributed by atoms with Gasteiger partial charge in [0, 0.05) is 17.8 Å². The number of nitrogens with zero attached hydrogens (tertiary/aromatic N) is 3. The Kier molecular flexibility index (Phi) is 5.03. The molecule has 1 aliphatic rings. The molecule has 0 bridgehead atoms. The molecule has 0 aliphatic carbocycles. The second kappa shape index (κ2) is 6.76. The van der Waals surface area contributed by atoms with E-state index in [0.717, 1.165) is 13.0 Å². The third-order valence-corrected chi connectivity index (χ3v) is 3.97. The van der Waals surface area contributed by atoms with Crippen LogP contribution >= 0.6 is 11.6 Å². The van der Waals surface area contributed by atoms with Crippen LogP contribution in [-0.2, 0) is 0 Å². The zero-order valence-corrected chi connectivity index (χ0v) is 12.2. The molecule has 1 aliphatic heterocycles. The number of pyridine rings is 1. The number of likely N-dealkylation sites (tertiary alicyclic amines) is 1. The first-order valence-electron chi connectivity index (χ1n) is 6.59. The van der Waals surface area contributed by atoms with Gasteiger partial charge >= 0.3 is 0 Å². The second-order valence-electron chi connectivity index (χ2n) is 4.88. The molecule has 0 radical (unpaired) electrons. The topological polar surface area (TPSA) is 84.0 Å². The van der Waals surface area contributed by atoms with Gasteiger partial charge in [-0.25, -0.2) is 4.98 Å². The van der Waals surface area contributed by atoms with Gasteiger partial charge in [-0.3, -0.25) is 0 Å². The minimum absolute atomic E-state index is 0.0576. The number of hydrogen-bond acceptors (Lipinski definition) is 5. The summed E-state index contributed by atoms with van der Waals surface area (Å²) in [5.41, 5.74) is 5.95. The first-order valence-corrected chi connectivity index (χ1v) is 6.96. The molecule has 20 heavy (non-hydrogen) atoms. The predicted octanol–water partition coefficient (Wildman–Crippen LogP) is 1.69. The molecule has 2 heterocycles. The third kappa shape index (κ3) is 3.32. The molecule has 6 nitrogen and oxygen atoms in total. The number of rotatable bonds is 5. The van der Waals surface area contributed by atoms with Crippen LogP contribution < -0.4 is 10.5 Å². The molecule has 2 rings (SSSR count). The first-order chi connectivity index (χ1) is 9.63. The molecular weight excluding hydrogens is 280 g/mol. The van der Waals surface area contributed by atoms with Crippen molar-refractivity contribution in [3.8, 4) is 5.88 Å². The van der Waals surface area contributed by atoms with Crippen LogP contribution in [0.3, 0.4) is 0 Å². The Morgan fingerprint density at radius 1 is 1.70 bits per heavy atom. The van der Waals surface area contributed by atoms with Gasteiger partial charge in [-0.2, -0.15) is 0 Å². The van der Waals surface area contributed by atoms with E-state index in [4.69, 9.17) is 27.3 Å². The zero-order chi connectivity index (χ0) is 14.5. The third-order valence-electron chi connectivity index (χ3n) is 3.60. The lowest BCUT2D eigenvalue weighted by molar-refractivity contribution is 0.228. The summed E-state index contributed by atoms with van der Waals surface area (Å²) in [4.78, 5) is 6.42. The van der Waals surface area contributed by atoms with Crippen molar-refractivity contribution in [1.82, 2.24) is 9.88 Å². The maximum Gasteiger partial charge on any atom is 0.233 e. The summed E-state index contributed by atoms with van der Waals surface area (Å²) in [6.45, 7) is 1.68. The van der Waals surface area contributed by atoms with Crippen molar-refractivity contribution in [2.24, 2.45) is 10.9 Å². The van der Waals surface area contributed by atoms with Gasteiger partial charge in [0.2, 0.25) is 5.88 Å². The first kappa shape index (κ1) is 14.9. The summed E-state index contributed by atoms with van der Waals surface area (Å²) < 4.78 is 5.62. The molecule has 0 saturated carbocycles. The Morgan fingerprint density at radius 3 is 3.15 bits per heavy atom. The number of ether oxygens (including phenoxy) is 1. The molecule has 1 fully saturated rings. The van der Waals surface area contributed by atoms with Gasteiger partial charge in [0.25, 0.3) is 0 Å². The van der Waals surface area contributed by atoms with Crippen molar-refractivity contribution in [1.29, 1.82) is 0 Å². The van der Waals surface area contributed by atoms with E-state index in [1.165, 1.54) is 19.0 Å². The van der Waals surface area contributed by atoms with Crippen LogP contribution in [0.1, 0.15) is 24.8 Å². The van der Waals surface area contributed by atoms with E-state index in [1.54, 1.807) is 6.07 Å². The fourth-order valence-electron chi connectivity index (χ4n) is 2.41. The highest BCUT2D eigenvalue weighted by molar-refractivity contribution is 6.35. The Balaban J connectivity index is 1.96. The van der Waals surface area contributed by atoms with Crippen LogP contribution in [-0.4, -0.2) is 47.2 Å². The smallest absolute Gasteiger partial charge is 0.233 e. The fraction of sp³-hybridized carbons (Fsp3) is 0.538. The molecule has 1 unspecified atom stereocenters. The average Bonchev–Trinajstić information content (AvgIpc) is 2.85. The Labute approximate surface area is 123 Å². The molecule has 110 valence electrons. The zero-order valence-electron chi connectivity index (χ0n) is 11.4. The van der Waals surface area contributed by atoms with Gasteiger partial charge in [0.15, 0.2) is 5.84 Å². The highest BCUT2D eigenvalue weighted by Crippen LogP contribution is 2.26. The van der Waals surface area contributed by atoms with Gasteiger partial charge in [-0.1, -0.05) is 16.8 Å². The van der Waals surface area contributed by atoms with Gasteiger partial charge in [0.05, 0.1) is 6.61 Å². The van der Waals surface area contributed by atoms with Gasteiger partial charge in [0.1, 0.15) is 5.02 Å².